The summed E-state index contributed by atoms with van der Waals surface area (Å²) in [4.78, 5) is 14.8. The quantitative estimate of drug-likeness (QED) is 0.659. The summed E-state index contributed by atoms with van der Waals surface area (Å²) < 4.78 is 14.3. The summed E-state index contributed by atoms with van der Waals surface area (Å²) in [6.45, 7) is 4.77. The van der Waals surface area contributed by atoms with Gasteiger partial charge in [-0.15, -0.1) is 0 Å². The van der Waals surface area contributed by atoms with Gasteiger partial charge >= 0.3 is 0 Å². The van der Waals surface area contributed by atoms with Crippen LogP contribution in [0.25, 0.3) is 0 Å². The van der Waals surface area contributed by atoms with Crippen LogP contribution in [0.3, 0.4) is 0 Å². The van der Waals surface area contributed by atoms with Gasteiger partial charge in [-0.3, -0.25) is 4.79 Å². The maximum Gasteiger partial charge on any atom is 0.242 e. The Kier molecular flexibility index (Phi) is 2.41. The van der Waals surface area contributed by atoms with Gasteiger partial charge < -0.3 is 0 Å². The van der Waals surface area contributed by atoms with E-state index in [1.807, 2.05) is 25.1 Å². The van der Waals surface area contributed by atoms with E-state index in [1.54, 1.807) is 0 Å². The van der Waals surface area contributed by atoms with Crippen molar-refractivity contribution in [2.75, 3.05) is 0 Å². The molecular weight excluding hydrogens is 205 g/mol. The van der Waals surface area contributed by atoms with Crippen molar-refractivity contribution >= 4 is 11.6 Å². The number of carbonyl (C=O) groups is 1. The number of rotatable bonds is 0. The van der Waals surface area contributed by atoms with Gasteiger partial charge in [-0.25, -0.2) is 9.38 Å². The number of alkyl halides is 1. The largest absolute Gasteiger partial charge is 0.273 e. The molecule has 84 valence electrons. The summed E-state index contributed by atoms with van der Waals surface area (Å²) >= 11 is 0. The topological polar surface area (TPSA) is 29.4 Å². The predicted molar refractivity (Wildman–Crippen MR) is 61.6 cm³/mol. The average molecular weight is 219 g/mol. The number of benzene rings is 1. The summed E-state index contributed by atoms with van der Waals surface area (Å²) in [7, 11) is 0. The van der Waals surface area contributed by atoms with Crippen molar-refractivity contribution in [3.8, 4) is 0 Å². The lowest BCUT2D eigenvalue weighted by Crippen LogP contribution is -2.27. The fraction of sp³-hybridized carbons (Fsp3) is 0.385. The molecule has 1 aliphatic carbocycles. The number of aliphatic imine (C=N–C) groups is 1. The first kappa shape index (κ1) is 11.0. The van der Waals surface area contributed by atoms with Gasteiger partial charge in [0.1, 0.15) is 0 Å². The van der Waals surface area contributed by atoms with Gasteiger partial charge in [-0.1, -0.05) is 18.2 Å². The summed E-state index contributed by atoms with van der Waals surface area (Å²) in [5.74, 6) is -0.353. The molecule has 16 heavy (non-hydrogen) atoms. The summed E-state index contributed by atoms with van der Waals surface area (Å²) in [6, 6.07) is 5.64. The molecule has 1 atom stereocenters. The Bertz CT molecular complexity index is 489. The highest BCUT2D eigenvalue weighted by Gasteiger charge is 2.40. The van der Waals surface area contributed by atoms with E-state index in [4.69, 9.17) is 0 Å². The van der Waals surface area contributed by atoms with Gasteiger partial charge in [0.2, 0.25) is 5.91 Å². The molecule has 1 aromatic rings. The minimum Gasteiger partial charge on any atom is -0.273 e. The highest BCUT2D eigenvalue weighted by Crippen LogP contribution is 2.35. The van der Waals surface area contributed by atoms with Crippen LogP contribution < -0.4 is 0 Å². The summed E-state index contributed by atoms with van der Waals surface area (Å²) in [5, 5.41) is 0. The Labute approximate surface area is 94.2 Å². The number of aryl methyl sites for hydroxylation is 1. The van der Waals surface area contributed by atoms with Crippen LogP contribution in [0.1, 0.15) is 30.5 Å². The van der Waals surface area contributed by atoms with Crippen molar-refractivity contribution in [2.24, 2.45) is 4.99 Å². The molecule has 0 aliphatic heterocycles. The van der Waals surface area contributed by atoms with Crippen molar-refractivity contribution in [3.05, 3.63) is 34.9 Å². The molecule has 2 nitrogen and oxygen atoms in total. The molecule has 0 fully saturated rings. The Hall–Kier alpha value is -1.51. The zero-order valence-electron chi connectivity index (χ0n) is 9.67. The molecule has 2 rings (SSSR count). The Morgan fingerprint density at radius 2 is 2.19 bits per heavy atom. The first-order chi connectivity index (χ1) is 7.42. The molecule has 0 heterocycles. The molecule has 1 aliphatic rings. The molecule has 0 saturated heterocycles. The molecule has 0 saturated carbocycles. The van der Waals surface area contributed by atoms with Crippen LogP contribution in [0.4, 0.5) is 4.39 Å². The van der Waals surface area contributed by atoms with Crippen molar-refractivity contribution in [3.63, 3.8) is 0 Å². The van der Waals surface area contributed by atoms with E-state index in [2.05, 4.69) is 4.99 Å². The Morgan fingerprint density at radius 1 is 1.50 bits per heavy atom. The molecule has 1 amide bonds. The Balaban J connectivity index is 2.63. The smallest absolute Gasteiger partial charge is 0.242 e. The summed E-state index contributed by atoms with van der Waals surface area (Å²) in [6.07, 6.45) is 0.307. The van der Waals surface area contributed by atoms with E-state index in [0.29, 0.717) is 6.42 Å². The Morgan fingerprint density at radius 3 is 2.81 bits per heavy atom. The lowest BCUT2D eigenvalue weighted by molar-refractivity contribution is -0.115. The standard InChI is InChI=1S/C13H14FNO/c1-8-5-4-6-10-11(8)7-13(3,14)12(10)15-9(2)16/h4-6H,7H2,1-3H3/t13-/m1/s1. The zero-order valence-corrected chi connectivity index (χ0v) is 9.67. The molecule has 0 aromatic heterocycles. The van der Waals surface area contributed by atoms with E-state index in [9.17, 15) is 9.18 Å². The lowest BCUT2D eigenvalue weighted by atomic mass is 10.0. The van der Waals surface area contributed by atoms with Crippen LogP contribution in [0.2, 0.25) is 0 Å². The van der Waals surface area contributed by atoms with Crippen molar-refractivity contribution in [1.29, 1.82) is 0 Å². The van der Waals surface area contributed by atoms with E-state index in [-0.39, 0.29) is 11.6 Å². The molecule has 0 unspecified atom stereocenters. The van der Waals surface area contributed by atoms with Crippen LogP contribution in [-0.4, -0.2) is 17.3 Å². The maximum atomic E-state index is 14.3. The number of halogens is 1. The van der Waals surface area contributed by atoms with Gasteiger partial charge in [0.05, 0.1) is 5.71 Å². The van der Waals surface area contributed by atoms with Crippen molar-refractivity contribution in [1.82, 2.24) is 0 Å². The minimum atomic E-state index is -1.53. The molecule has 3 heteroatoms. The third-order valence-electron chi connectivity index (χ3n) is 2.94. The molecule has 0 N–H and O–H groups in total. The van der Waals surface area contributed by atoms with E-state index >= 15 is 0 Å². The minimum absolute atomic E-state index is 0.277. The highest BCUT2D eigenvalue weighted by molar-refractivity contribution is 6.14. The number of fused-ring (bicyclic) bond motifs is 1. The number of carbonyl (C=O) groups excluding carboxylic acids is 1. The van der Waals surface area contributed by atoms with Crippen LogP contribution in [0.15, 0.2) is 23.2 Å². The van der Waals surface area contributed by atoms with Crippen molar-refractivity contribution in [2.45, 2.75) is 32.9 Å². The molecule has 0 spiro atoms. The average Bonchev–Trinajstić information content (AvgIpc) is 2.41. The second kappa shape index (κ2) is 3.51. The normalized spacial score (nSPS) is 25.9. The van der Waals surface area contributed by atoms with E-state index in [1.165, 1.54) is 13.8 Å². The molecule has 0 bridgehead atoms. The van der Waals surface area contributed by atoms with Crippen LogP contribution in [0.5, 0.6) is 0 Å². The number of nitrogens with zero attached hydrogens (tertiary/aromatic N) is 1. The third kappa shape index (κ3) is 1.66. The van der Waals surface area contributed by atoms with Crippen LogP contribution >= 0.6 is 0 Å². The second-order valence-electron chi connectivity index (χ2n) is 4.45. The highest BCUT2D eigenvalue weighted by atomic mass is 19.1. The first-order valence-corrected chi connectivity index (χ1v) is 5.29. The van der Waals surface area contributed by atoms with Gasteiger partial charge in [-0.05, 0) is 25.0 Å². The molecular formula is C13H14FNO. The van der Waals surface area contributed by atoms with Crippen LogP contribution in [0, 0.1) is 6.92 Å². The van der Waals surface area contributed by atoms with Gasteiger partial charge in [0.15, 0.2) is 5.67 Å². The summed E-state index contributed by atoms with van der Waals surface area (Å²) in [5.41, 5.74) is 1.54. The third-order valence-corrected chi connectivity index (χ3v) is 2.94. The fourth-order valence-electron chi connectivity index (χ4n) is 2.19. The number of amides is 1. The monoisotopic (exact) mass is 219 g/mol. The van der Waals surface area contributed by atoms with E-state index < -0.39 is 5.67 Å². The number of hydrogen-bond donors (Lipinski definition) is 0. The van der Waals surface area contributed by atoms with Crippen molar-refractivity contribution < 1.29 is 9.18 Å². The number of hydrogen-bond acceptors (Lipinski definition) is 1. The van der Waals surface area contributed by atoms with Crippen LogP contribution in [-0.2, 0) is 11.2 Å². The zero-order chi connectivity index (χ0) is 11.9. The first-order valence-electron chi connectivity index (χ1n) is 5.29. The SMILES string of the molecule is CC(=O)N=C1c2cccc(C)c2C[C@@]1(C)F. The maximum absolute atomic E-state index is 14.3. The van der Waals surface area contributed by atoms with Gasteiger partial charge in [0.25, 0.3) is 0 Å². The molecule has 1 aromatic carbocycles. The van der Waals surface area contributed by atoms with Gasteiger partial charge in [-0.2, -0.15) is 0 Å². The predicted octanol–water partition coefficient (Wildman–Crippen LogP) is 2.61. The van der Waals surface area contributed by atoms with Gasteiger partial charge in [0, 0.05) is 18.9 Å². The lowest BCUT2D eigenvalue weighted by Gasteiger charge is -2.13. The fourth-order valence-corrected chi connectivity index (χ4v) is 2.19. The second-order valence-corrected chi connectivity index (χ2v) is 4.45. The molecule has 0 radical (unpaired) electrons. The van der Waals surface area contributed by atoms with E-state index in [0.717, 1.165) is 16.7 Å².